The lowest BCUT2D eigenvalue weighted by Gasteiger charge is -2.12. The molecule has 0 unspecified atom stereocenters. The zero-order valence-corrected chi connectivity index (χ0v) is 15.3. The molecule has 3 rings (SSSR count). The number of nitrogens with zero attached hydrogens (tertiary/aromatic N) is 3. The van der Waals surface area contributed by atoms with E-state index in [1.165, 1.54) is 0 Å². The van der Waals surface area contributed by atoms with Crippen molar-refractivity contribution >= 4 is 23.4 Å². The maximum Gasteiger partial charge on any atom is 0.191 e. The van der Waals surface area contributed by atoms with Gasteiger partial charge in [0.2, 0.25) is 0 Å². The van der Waals surface area contributed by atoms with E-state index in [0.717, 1.165) is 32.9 Å². The molecule has 1 aromatic heterocycles. The van der Waals surface area contributed by atoms with E-state index in [2.05, 4.69) is 17.1 Å². The lowest BCUT2D eigenvalue weighted by molar-refractivity contribution is 0.415. The number of thioether (sulfide) groups is 1. The molecule has 124 valence electrons. The number of hydrogen-bond acceptors (Lipinski definition) is 4. The van der Waals surface area contributed by atoms with Crippen molar-refractivity contribution in [3.8, 4) is 17.1 Å². The van der Waals surface area contributed by atoms with Crippen LogP contribution in [0.1, 0.15) is 17.7 Å². The van der Waals surface area contributed by atoms with E-state index in [1.54, 1.807) is 18.9 Å². The predicted octanol–water partition coefficient (Wildman–Crippen LogP) is 5.00. The molecule has 0 spiro atoms. The first-order valence-electron chi connectivity index (χ1n) is 7.55. The minimum absolute atomic E-state index is 0.185. The highest BCUT2D eigenvalue weighted by molar-refractivity contribution is 7.99. The fourth-order valence-corrected chi connectivity index (χ4v) is 3.78. The van der Waals surface area contributed by atoms with Gasteiger partial charge in [-0.15, -0.1) is 10.2 Å². The lowest BCUT2D eigenvalue weighted by Crippen LogP contribution is -1.97. The van der Waals surface area contributed by atoms with Crippen LogP contribution in [-0.4, -0.2) is 21.9 Å². The van der Waals surface area contributed by atoms with Crippen molar-refractivity contribution in [2.24, 2.45) is 7.05 Å². The molecule has 4 nitrogen and oxygen atoms in total. The van der Waals surface area contributed by atoms with Gasteiger partial charge in [-0.25, -0.2) is 0 Å². The summed E-state index contributed by atoms with van der Waals surface area (Å²) in [7, 11) is 3.63. The Morgan fingerprint density at radius 2 is 1.79 bits per heavy atom. The second kappa shape index (κ2) is 7.28. The number of methoxy groups -OCH3 is 1. The molecule has 0 radical (unpaired) electrons. The van der Waals surface area contributed by atoms with Crippen LogP contribution in [0.15, 0.2) is 53.7 Å². The highest BCUT2D eigenvalue weighted by Crippen LogP contribution is 2.37. The van der Waals surface area contributed by atoms with Crippen LogP contribution in [0.4, 0.5) is 0 Å². The molecule has 24 heavy (non-hydrogen) atoms. The SMILES string of the molecule is COc1ccc(-c2nnc(S[C@@H](C)c3ccccc3Cl)n2C)cc1. The number of aromatic nitrogens is 3. The Balaban J connectivity index is 1.83. The monoisotopic (exact) mass is 359 g/mol. The Hall–Kier alpha value is -1.98. The van der Waals surface area contributed by atoms with Crippen LogP contribution in [0.25, 0.3) is 11.4 Å². The fraction of sp³-hybridized carbons (Fsp3) is 0.222. The molecule has 0 N–H and O–H groups in total. The maximum absolute atomic E-state index is 6.29. The average Bonchev–Trinajstić information content (AvgIpc) is 2.96. The summed E-state index contributed by atoms with van der Waals surface area (Å²) in [6.45, 7) is 2.12. The van der Waals surface area contributed by atoms with E-state index in [0.29, 0.717) is 0 Å². The molecule has 1 heterocycles. The Labute approximate surface area is 150 Å². The largest absolute Gasteiger partial charge is 0.497 e. The van der Waals surface area contributed by atoms with Crippen LogP contribution >= 0.6 is 23.4 Å². The van der Waals surface area contributed by atoms with Crippen molar-refractivity contribution in [3.63, 3.8) is 0 Å². The molecule has 0 saturated carbocycles. The van der Waals surface area contributed by atoms with E-state index >= 15 is 0 Å². The predicted molar refractivity (Wildman–Crippen MR) is 98.7 cm³/mol. The van der Waals surface area contributed by atoms with Crippen LogP contribution in [0, 0.1) is 0 Å². The number of rotatable bonds is 5. The van der Waals surface area contributed by atoms with Gasteiger partial charge >= 0.3 is 0 Å². The zero-order valence-electron chi connectivity index (χ0n) is 13.7. The summed E-state index contributed by atoms with van der Waals surface area (Å²) in [6, 6.07) is 15.7. The topological polar surface area (TPSA) is 39.9 Å². The Bertz CT molecular complexity index is 833. The van der Waals surface area contributed by atoms with Gasteiger partial charge in [0.25, 0.3) is 0 Å². The van der Waals surface area contributed by atoms with E-state index in [9.17, 15) is 0 Å². The Morgan fingerprint density at radius 3 is 2.46 bits per heavy atom. The smallest absolute Gasteiger partial charge is 0.191 e. The molecule has 3 aromatic rings. The van der Waals surface area contributed by atoms with Crippen LogP contribution in [0.2, 0.25) is 5.02 Å². The summed E-state index contributed by atoms with van der Waals surface area (Å²) in [5, 5.41) is 10.5. The van der Waals surface area contributed by atoms with Crippen molar-refractivity contribution in [1.82, 2.24) is 14.8 Å². The normalized spacial score (nSPS) is 12.2. The molecule has 0 saturated heterocycles. The number of halogens is 1. The number of benzene rings is 2. The summed E-state index contributed by atoms with van der Waals surface area (Å²) in [6.07, 6.45) is 0. The highest BCUT2D eigenvalue weighted by atomic mass is 35.5. The molecular formula is C18H18ClN3OS. The highest BCUT2D eigenvalue weighted by Gasteiger charge is 2.17. The summed E-state index contributed by atoms with van der Waals surface area (Å²) < 4.78 is 7.19. The Morgan fingerprint density at radius 1 is 1.08 bits per heavy atom. The summed E-state index contributed by atoms with van der Waals surface area (Å²) >= 11 is 7.93. The van der Waals surface area contributed by atoms with Crippen molar-refractivity contribution in [3.05, 3.63) is 59.1 Å². The third kappa shape index (κ3) is 3.42. The third-order valence-electron chi connectivity index (χ3n) is 3.81. The fourth-order valence-electron chi connectivity index (χ4n) is 2.44. The van der Waals surface area contributed by atoms with Gasteiger partial charge in [-0.05, 0) is 42.8 Å². The quantitative estimate of drug-likeness (QED) is 0.601. The first-order valence-corrected chi connectivity index (χ1v) is 8.81. The van der Waals surface area contributed by atoms with Crippen molar-refractivity contribution < 1.29 is 4.74 Å². The van der Waals surface area contributed by atoms with E-state index in [4.69, 9.17) is 16.3 Å². The van der Waals surface area contributed by atoms with Gasteiger partial charge in [0.1, 0.15) is 5.75 Å². The molecular weight excluding hydrogens is 342 g/mol. The molecule has 0 aliphatic rings. The van der Waals surface area contributed by atoms with Crippen LogP contribution < -0.4 is 4.74 Å². The molecule has 0 amide bonds. The summed E-state index contributed by atoms with van der Waals surface area (Å²) in [5.41, 5.74) is 2.10. The van der Waals surface area contributed by atoms with Crippen LogP contribution in [-0.2, 0) is 7.05 Å². The van der Waals surface area contributed by atoms with Gasteiger partial charge in [-0.1, -0.05) is 41.6 Å². The minimum Gasteiger partial charge on any atom is -0.497 e. The van der Waals surface area contributed by atoms with Gasteiger partial charge in [0.15, 0.2) is 11.0 Å². The van der Waals surface area contributed by atoms with Crippen LogP contribution in [0.5, 0.6) is 5.75 Å². The van der Waals surface area contributed by atoms with Crippen molar-refractivity contribution in [2.45, 2.75) is 17.3 Å². The zero-order chi connectivity index (χ0) is 17.1. The molecule has 1 atom stereocenters. The van der Waals surface area contributed by atoms with Crippen molar-refractivity contribution in [1.29, 1.82) is 0 Å². The summed E-state index contributed by atoms with van der Waals surface area (Å²) in [4.78, 5) is 0. The maximum atomic E-state index is 6.29. The van der Waals surface area contributed by atoms with Gasteiger partial charge in [-0.2, -0.15) is 0 Å². The van der Waals surface area contributed by atoms with Crippen LogP contribution in [0.3, 0.4) is 0 Å². The minimum atomic E-state index is 0.185. The average molecular weight is 360 g/mol. The molecule has 0 fully saturated rings. The number of hydrogen-bond donors (Lipinski definition) is 0. The summed E-state index contributed by atoms with van der Waals surface area (Å²) in [5.74, 6) is 1.65. The van der Waals surface area contributed by atoms with Gasteiger partial charge in [0.05, 0.1) is 7.11 Å². The second-order valence-corrected chi connectivity index (χ2v) is 7.09. The number of ether oxygens (including phenoxy) is 1. The second-order valence-electron chi connectivity index (χ2n) is 5.38. The molecule has 0 aliphatic heterocycles. The molecule has 2 aromatic carbocycles. The standard InChI is InChI=1S/C18H18ClN3OS/c1-12(15-6-4-5-7-16(15)19)24-18-21-20-17(22(18)2)13-8-10-14(23-3)11-9-13/h4-12H,1-3H3/t12-/m0/s1. The lowest BCUT2D eigenvalue weighted by atomic mass is 10.2. The van der Waals surface area contributed by atoms with Gasteiger partial charge in [0, 0.05) is 22.9 Å². The van der Waals surface area contributed by atoms with Crippen molar-refractivity contribution in [2.75, 3.05) is 7.11 Å². The van der Waals surface area contributed by atoms with Gasteiger partial charge in [-0.3, -0.25) is 0 Å². The van der Waals surface area contributed by atoms with E-state index in [-0.39, 0.29) is 5.25 Å². The van der Waals surface area contributed by atoms with E-state index < -0.39 is 0 Å². The molecule has 6 heteroatoms. The first-order chi connectivity index (χ1) is 11.6. The molecule has 0 bridgehead atoms. The first kappa shape index (κ1) is 16.9. The third-order valence-corrected chi connectivity index (χ3v) is 5.33. The molecule has 0 aliphatic carbocycles. The van der Waals surface area contributed by atoms with Gasteiger partial charge < -0.3 is 9.30 Å². The Kier molecular flexibility index (Phi) is 5.11. The van der Waals surface area contributed by atoms with E-state index in [1.807, 2.05) is 60.1 Å².